The summed E-state index contributed by atoms with van der Waals surface area (Å²) in [5.74, 6) is -1.03. The van der Waals surface area contributed by atoms with Crippen molar-refractivity contribution >= 4 is 21.6 Å². The number of nitrogens with one attached hydrogen (secondary N) is 2. The molecule has 2 heterocycles. The maximum absolute atomic E-state index is 14.5. The lowest BCUT2D eigenvalue weighted by atomic mass is 10.0. The monoisotopic (exact) mass is 417 g/mol. The maximum Gasteiger partial charge on any atom is 0.243 e. The van der Waals surface area contributed by atoms with E-state index in [-0.39, 0.29) is 23.3 Å². The average Bonchev–Trinajstić information content (AvgIpc) is 2.69. The number of fused-ring (bicyclic) bond motifs is 1. The third-order valence-corrected chi connectivity index (χ3v) is 7.04. The minimum Gasteiger partial charge on any atom is -0.326 e. The van der Waals surface area contributed by atoms with E-state index in [2.05, 4.69) is 27.1 Å². The molecule has 154 valence electrons. The van der Waals surface area contributed by atoms with Gasteiger partial charge in [-0.25, -0.2) is 17.5 Å². The van der Waals surface area contributed by atoms with Gasteiger partial charge in [0.25, 0.3) is 0 Å². The van der Waals surface area contributed by atoms with E-state index in [0.29, 0.717) is 30.5 Å². The van der Waals surface area contributed by atoms with Gasteiger partial charge in [-0.2, -0.15) is 0 Å². The molecule has 8 heteroatoms. The molecule has 2 aliphatic heterocycles. The maximum atomic E-state index is 14.5. The minimum absolute atomic E-state index is 0.187. The van der Waals surface area contributed by atoms with Crippen LogP contribution < -0.4 is 10.0 Å². The van der Waals surface area contributed by atoms with E-state index in [1.807, 2.05) is 18.2 Å². The van der Waals surface area contributed by atoms with Gasteiger partial charge in [0.2, 0.25) is 15.9 Å². The van der Waals surface area contributed by atoms with Crippen LogP contribution in [0.4, 0.5) is 10.1 Å². The number of rotatable bonds is 5. The van der Waals surface area contributed by atoms with Crippen LogP contribution in [0.2, 0.25) is 0 Å². The predicted molar refractivity (Wildman–Crippen MR) is 108 cm³/mol. The van der Waals surface area contributed by atoms with Gasteiger partial charge in [-0.05, 0) is 42.5 Å². The molecule has 0 aliphatic carbocycles. The molecule has 0 unspecified atom stereocenters. The van der Waals surface area contributed by atoms with Crippen LogP contribution in [0, 0.1) is 5.82 Å². The Morgan fingerprint density at radius 2 is 1.83 bits per heavy atom. The lowest BCUT2D eigenvalue weighted by molar-refractivity contribution is -0.116. The highest BCUT2D eigenvalue weighted by Crippen LogP contribution is 2.28. The van der Waals surface area contributed by atoms with Crippen molar-refractivity contribution in [2.45, 2.75) is 43.2 Å². The van der Waals surface area contributed by atoms with Gasteiger partial charge in [0.05, 0.1) is 0 Å². The molecule has 2 aromatic rings. The molecule has 1 saturated heterocycles. The summed E-state index contributed by atoms with van der Waals surface area (Å²) in [6.07, 6.45) is 2.02. The van der Waals surface area contributed by atoms with Crippen molar-refractivity contribution in [3.63, 3.8) is 0 Å². The Morgan fingerprint density at radius 3 is 2.55 bits per heavy atom. The first-order valence-electron chi connectivity index (χ1n) is 9.81. The number of hydrogen-bond acceptors (Lipinski definition) is 4. The predicted octanol–water partition coefficient (Wildman–Crippen LogP) is 2.65. The number of piperidine rings is 1. The Morgan fingerprint density at radius 1 is 1.10 bits per heavy atom. The van der Waals surface area contributed by atoms with E-state index in [1.165, 1.54) is 11.6 Å². The van der Waals surface area contributed by atoms with E-state index in [0.717, 1.165) is 25.7 Å². The molecule has 6 nitrogen and oxygen atoms in total. The molecule has 2 aromatic carbocycles. The van der Waals surface area contributed by atoms with Crippen LogP contribution >= 0.6 is 0 Å². The first kappa shape index (κ1) is 20.0. The number of carbonyl (C=O) groups is 1. The largest absolute Gasteiger partial charge is 0.326 e. The minimum atomic E-state index is -3.97. The molecule has 0 bridgehead atoms. The molecule has 0 aromatic heterocycles. The quantitative estimate of drug-likeness (QED) is 0.784. The summed E-state index contributed by atoms with van der Waals surface area (Å²) in [6.45, 7) is 2.40. The van der Waals surface area contributed by atoms with Gasteiger partial charge >= 0.3 is 0 Å². The van der Waals surface area contributed by atoms with Crippen LogP contribution in [0.3, 0.4) is 0 Å². The second kappa shape index (κ2) is 8.22. The lowest BCUT2D eigenvalue weighted by Gasteiger charge is -2.32. The summed E-state index contributed by atoms with van der Waals surface area (Å²) in [7, 11) is -3.97. The van der Waals surface area contributed by atoms with Crippen LogP contribution in [0.25, 0.3) is 0 Å². The summed E-state index contributed by atoms with van der Waals surface area (Å²) < 4.78 is 42.7. The lowest BCUT2D eigenvalue weighted by Crippen LogP contribution is -2.44. The number of carbonyl (C=O) groups excluding carboxylic acids is 1. The number of aryl methyl sites for hydroxylation is 1. The molecule has 1 fully saturated rings. The molecule has 0 saturated carbocycles. The SMILES string of the molecule is O=C1CCc2cc(S(=O)(=O)NC3CCN(Cc4ccccc4)CC3)c(F)cc2N1. The second-order valence-corrected chi connectivity index (χ2v) is 9.33. The summed E-state index contributed by atoms with van der Waals surface area (Å²) in [5, 5.41) is 2.59. The number of likely N-dealkylation sites (tertiary alicyclic amines) is 1. The fourth-order valence-corrected chi connectivity index (χ4v) is 5.33. The standard InChI is InChI=1S/C21H24FN3O3S/c22-18-13-19-16(6-7-21(26)23-19)12-20(18)29(27,28)24-17-8-10-25(11-9-17)14-15-4-2-1-3-5-15/h1-5,12-13,17,24H,6-11,14H2,(H,23,26). The highest BCUT2D eigenvalue weighted by Gasteiger charge is 2.28. The van der Waals surface area contributed by atoms with Crippen LogP contribution in [-0.4, -0.2) is 38.4 Å². The normalized spacial score (nSPS) is 18.3. The molecule has 29 heavy (non-hydrogen) atoms. The fourth-order valence-electron chi connectivity index (χ4n) is 3.92. The summed E-state index contributed by atoms with van der Waals surface area (Å²) >= 11 is 0. The second-order valence-electron chi connectivity index (χ2n) is 7.65. The molecule has 2 N–H and O–H groups in total. The Labute approximate surface area is 170 Å². The topological polar surface area (TPSA) is 78.5 Å². The van der Waals surface area contributed by atoms with Crippen LogP contribution in [0.5, 0.6) is 0 Å². The van der Waals surface area contributed by atoms with Crippen LogP contribution in [-0.2, 0) is 27.8 Å². The molecule has 2 aliphatic rings. The van der Waals surface area contributed by atoms with Crippen molar-refractivity contribution in [1.82, 2.24) is 9.62 Å². The highest BCUT2D eigenvalue weighted by atomic mass is 32.2. The summed E-state index contributed by atoms with van der Waals surface area (Å²) in [5.41, 5.74) is 2.23. The van der Waals surface area contributed by atoms with E-state index in [9.17, 15) is 17.6 Å². The first-order chi connectivity index (χ1) is 13.9. The first-order valence-corrected chi connectivity index (χ1v) is 11.3. The van der Waals surface area contributed by atoms with Crippen molar-refractivity contribution in [2.24, 2.45) is 0 Å². The van der Waals surface area contributed by atoms with Gasteiger partial charge in [0, 0.05) is 37.8 Å². The zero-order valence-corrected chi connectivity index (χ0v) is 16.8. The Balaban J connectivity index is 1.40. The van der Waals surface area contributed by atoms with Crippen LogP contribution in [0.1, 0.15) is 30.4 Å². The van der Waals surface area contributed by atoms with Gasteiger partial charge < -0.3 is 5.32 Å². The Kier molecular flexibility index (Phi) is 5.67. The molecule has 0 atom stereocenters. The third-order valence-electron chi connectivity index (χ3n) is 5.50. The van der Waals surface area contributed by atoms with Crippen LogP contribution in [0.15, 0.2) is 47.4 Å². The Bertz CT molecular complexity index is 1000. The van der Waals surface area contributed by atoms with Gasteiger partial charge in [-0.1, -0.05) is 30.3 Å². The summed E-state index contributed by atoms with van der Waals surface area (Å²) in [6, 6.07) is 12.4. The van der Waals surface area contributed by atoms with Crippen molar-refractivity contribution in [1.29, 1.82) is 0 Å². The van der Waals surface area contributed by atoms with Gasteiger partial charge in [-0.3, -0.25) is 9.69 Å². The zero-order chi connectivity index (χ0) is 20.4. The average molecular weight is 418 g/mol. The number of amides is 1. The number of anilines is 1. The van der Waals surface area contributed by atoms with E-state index in [1.54, 1.807) is 0 Å². The fraction of sp³-hybridized carbons (Fsp3) is 0.381. The number of halogens is 1. The van der Waals surface area contributed by atoms with Gasteiger partial charge in [0.1, 0.15) is 10.7 Å². The number of benzene rings is 2. The Hall–Kier alpha value is -2.29. The molecular formula is C21H24FN3O3S. The van der Waals surface area contributed by atoms with Gasteiger partial charge in [-0.15, -0.1) is 0 Å². The molecule has 4 rings (SSSR count). The third kappa shape index (κ3) is 4.66. The molecule has 0 spiro atoms. The number of sulfonamides is 1. The summed E-state index contributed by atoms with van der Waals surface area (Å²) in [4.78, 5) is 13.4. The van der Waals surface area contributed by atoms with E-state index < -0.39 is 15.8 Å². The molecular weight excluding hydrogens is 393 g/mol. The smallest absolute Gasteiger partial charge is 0.243 e. The zero-order valence-electron chi connectivity index (χ0n) is 16.0. The highest BCUT2D eigenvalue weighted by molar-refractivity contribution is 7.89. The number of hydrogen-bond donors (Lipinski definition) is 2. The molecule has 0 radical (unpaired) electrons. The van der Waals surface area contributed by atoms with E-state index >= 15 is 0 Å². The van der Waals surface area contributed by atoms with Gasteiger partial charge in [0.15, 0.2) is 0 Å². The van der Waals surface area contributed by atoms with E-state index in [4.69, 9.17) is 0 Å². The number of nitrogens with zero attached hydrogens (tertiary/aromatic N) is 1. The van der Waals surface area contributed by atoms with Crippen molar-refractivity contribution in [3.8, 4) is 0 Å². The van der Waals surface area contributed by atoms with Crippen molar-refractivity contribution in [3.05, 3.63) is 59.4 Å². The van der Waals surface area contributed by atoms with Crippen molar-refractivity contribution in [2.75, 3.05) is 18.4 Å². The molecule has 1 amide bonds. The van der Waals surface area contributed by atoms with Crippen molar-refractivity contribution < 1.29 is 17.6 Å².